The Morgan fingerprint density at radius 2 is 1.47 bits per heavy atom. The highest BCUT2D eigenvalue weighted by Crippen LogP contribution is 2.44. The summed E-state index contributed by atoms with van der Waals surface area (Å²) in [5.74, 6) is -3.72. The zero-order valence-electron chi connectivity index (χ0n) is 24.3. The normalized spacial score (nSPS) is 32.8. The highest BCUT2D eigenvalue weighted by molar-refractivity contribution is 7.99. The van der Waals surface area contributed by atoms with Gasteiger partial charge in [-0.2, -0.15) is 0 Å². The number of ether oxygens (including phenoxy) is 8. The van der Waals surface area contributed by atoms with E-state index in [1.165, 1.54) is 23.8 Å². The van der Waals surface area contributed by atoms with Gasteiger partial charge in [0.05, 0.1) is 6.10 Å². The van der Waals surface area contributed by atoms with Crippen LogP contribution in [0.1, 0.15) is 47.8 Å². The summed E-state index contributed by atoms with van der Waals surface area (Å²) in [6, 6.07) is 1.18. The van der Waals surface area contributed by atoms with Crippen LogP contribution >= 0.6 is 11.8 Å². The number of aromatic amines is 1. The van der Waals surface area contributed by atoms with Crippen molar-refractivity contribution in [1.29, 1.82) is 0 Å². The molecule has 43 heavy (non-hydrogen) atoms. The first-order chi connectivity index (χ1) is 20.1. The van der Waals surface area contributed by atoms with Crippen molar-refractivity contribution in [2.45, 2.75) is 102 Å². The van der Waals surface area contributed by atoms with E-state index in [-0.39, 0.29) is 12.4 Å². The fraction of sp³-hybridized carbons (Fsp3) is 0.692. The van der Waals surface area contributed by atoms with Crippen molar-refractivity contribution in [3.63, 3.8) is 0 Å². The Morgan fingerprint density at radius 1 is 0.860 bits per heavy atom. The van der Waals surface area contributed by atoms with Gasteiger partial charge in [-0.15, -0.1) is 11.8 Å². The lowest BCUT2D eigenvalue weighted by molar-refractivity contribution is -0.237. The minimum Gasteiger partial charge on any atom is -0.463 e. The van der Waals surface area contributed by atoms with E-state index >= 15 is 0 Å². The Labute approximate surface area is 249 Å². The number of hydrogen-bond acceptors (Lipinski definition) is 15. The van der Waals surface area contributed by atoms with Crippen LogP contribution in [-0.4, -0.2) is 99.7 Å². The summed E-state index contributed by atoms with van der Waals surface area (Å²) in [6.45, 7) is 7.67. The van der Waals surface area contributed by atoms with Crippen molar-refractivity contribution in [1.82, 2.24) is 9.55 Å². The van der Waals surface area contributed by atoms with E-state index in [1.807, 2.05) is 0 Å². The molecule has 238 valence electrons. The highest BCUT2D eigenvalue weighted by Gasteiger charge is 2.57. The van der Waals surface area contributed by atoms with E-state index in [4.69, 9.17) is 37.9 Å². The summed E-state index contributed by atoms with van der Waals surface area (Å²) in [4.78, 5) is 74.1. The number of esters is 4. The molecule has 3 fully saturated rings. The van der Waals surface area contributed by atoms with E-state index in [0.717, 1.165) is 32.5 Å². The Balaban J connectivity index is 1.62. The summed E-state index contributed by atoms with van der Waals surface area (Å²) in [5, 5.41) is 0. The standard InChI is InChI=1S/C26H34N2O14S/c1-11(29)35-9-15-18(36-12(2)30)20(37-13(3)31)22(38-14(4)32)24(40-15)43-10-16-19-21(42-26(5,6)41-19)23(39-16)28-8-7-17(33)27-25(28)34/h7-8,15-16,18-24H,9-10H2,1-6H3,(H,27,33,34)/t15-,16-,18-,19-,20+,21-,22+,23-,24+/m1/s1. The van der Waals surface area contributed by atoms with Crippen LogP contribution in [-0.2, 0) is 57.1 Å². The van der Waals surface area contributed by atoms with Crippen molar-refractivity contribution in [3.8, 4) is 0 Å². The first-order valence-electron chi connectivity index (χ1n) is 13.4. The maximum atomic E-state index is 12.6. The number of carbonyl (C=O) groups is 4. The van der Waals surface area contributed by atoms with Crippen molar-refractivity contribution in [3.05, 3.63) is 33.1 Å². The van der Waals surface area contributed by atoms with Gasteiger partial charge in [0.25, 0.3) is 5.56 Å². The largest absolute Gasteiger partial charge is 0.463 e. The molecule has 0 spiro atoms. The van der Waals surface area contributed by atoms with Gasteiger partial charge in [-0.25, -0.2) is 4.79 Å². The number of fused-ring (bicyclic) bond motifs is 1. The molecule has 16 nitrogen and oxygen atoms in total. The smallest absolute Gasteiger partial charge is 0.330 e. The zero-order chi connectivity index (χ0) is 31.6. The topological polar surface area (TPSA) is 197 Å². The van der Waals surface area contributed by atoms with E-state index < -0.39 is 95.3 Å². The third-order valence-corrected chi connectivity index (χ3v) is 7.85. The Hall–Kier alpha value is -3.25. The van der Waals surface area contributed by atoms with Crippen LogP contribution < -0.4 is 11.2 Å². The molecule has 3 saturated heterocycles. The van der Waals surface area contributed by atoms with Crippen LogP contribution in [0.5, 0.6) is 0 Å². The Morgan fingerprint density at radius 3 is 2.07 bits per heavy atom. The molecule has 1 aromatic heterocycles. The van der Waals surface area contributed by atoms with Gasteiger partial charge < -0.3 is 37.9 Å². The lowest BCUT2D eigenvalue weighted by atomic mass is 9.99. The molecule has 0 aliphatic carbocycles. The minimum atomic E-state index is -1.31. The molecular weight excluding hydrogens is 596 g/mol. The lowest BCUT2D eigenvalue weighted by Gasteiger charge is -2.44. The van der Waals surface area contributed by atoms with Crippen LogP contribution in [0, 0.1) is 0 Å². The molecule has 0 bridgehead atoms. The fourth-order valence-corrected chi connectivity index (χ4v) is 6.43. The molecule has 3 aliphatic rings. The van der Waals surface area contributed by atoms with Crippen LogP contribution in [0.15, 0.2) is 21.9 Å². The third-order valence-electron chi connectivity index (χ3n) is 6.62. The quantitative estimate of drug-likeness (QED) is 0.277. The van der Waals surface area contributed by atoms with Gasteiger partial charge in [0.15, 0.2) is 30.3 Å². The number of nitrogens with one attached hydrogen (secondary N) is 1. The van der Waals surface area contributed by atoms with Crippen LogP contribution in [0.25, 0.3) is 0 Å². The van der Waals surface area contributed by atoms with Crippen molar-refractivity contribution in [2.75, 3.05) is 12.4 Å². The van der Waals surface area contributed by atoms with E-state index in [1.54, 1.807) is 13.8 Å². The maximum Gasteiger partial charge on any atom is 0.330 e. The van der Waals surface area contributed by atoms with Gasteiger partial charge in [-0.1, -0.05) is 0 Å². The second-order valence-corrected chi connectivity index (χ2v) is 11.7. The summed E-state index contributed by atoms with van der Waals surface area (Å²) in [7, 11) is 0. The molecule has 1 N–H and O–H groups in total. The molecule has 0 radical (unpaired) electrons. The van der Waals surface area contributed by atoms with Gasteiger partial charge in [0.2, 0.25) is 0 Å². The Bertz CT molecular complexity index is 1340. The minimum absolute atomic E-state index is 0.128. The second-order valence-electron chi connectivity index (χ2n) is 10.5. The summed E-state index contributed by atoms with van der Waals surface area (Å²) < 4.78 is 47.2. The summed E-state index contributed by atoms with van der Waals surface area (Å²) in [5.41, 5.74) is -2.30. The summed E-state index contributed by atoms with van der Waals surface area (Å²) >= 11 is 1.11. The van der Waals surface area contributed by atoms with Crippen molar-refractivity contribution < 1.29 is 57.1 Å². The number of nitrogens with zero attached hydrogens (tertiary/aromatic N) is 1. The molecule has 0 aromatic carbocycles. The van der Waals surface area contributed by atoms with Crippen LogP contribution in [0.2, 0.25) is 0 Å². The predicted molar refractivity (Wildman–Crippen MR) is 143 cm³/mol. The molecule has 1 aromatic rings. The molecule has 4 rings (SSSR count). The monoisotopic (exact) mass is 630 g/mol. The molecular formula is C26H34N2O14S. The van der Waals surface area contributed by atoms with Crippen molar-refractivity contribution >= 4 is 35.6 Å². The van der Waals surface area contributed by atoms with E-state index in [2.05, 4.69) is 4.98 Å². The molecule has 0 amide bonds. The number of aromatic nitrogens is 2. The average molecular weight is 631 g/mol. The summed E-state index contributed by atoms with van der Waals surface area (Å²) in [6.07, 6.45) is -6.68. The van der Waals surface area contributed by atoms with Crippen LogP contribution in [0.4, 0.5) is 0 Å². The van der Waals surface area contributed by atoms with Crippen molar-refractivity contribution in [2.24, 2.45) is 0 Å². The predicted octanol–water partition coefficient (Wildman–Crippen LogP) is -0.230. The van der Waals surface area contributed by atoms with Crippen LogP contribution in [0.3, 0.4) is 0 Å². The van der Waals surface area contributed by atoms with E-state index in [0.29, 0.717) is 0 Å². The van der Waals surface area contributed by atoms with Gasteiger partial charge in [-0.3, -0.25) is 33.5 Å². The fourth-order valence-electron chi connectivity index (χ4n) is 5.16. The third kappa shape index (κ3) is 7.83. The number of rotatable bonds is 9. The number of hydrogen-bond donors (Lipinski definition) is 1. The number of H-pyrrole nitrogens is 1. The molecule has 0 saturated carbocycles. The molecule has 3 aliphatic heterocycles. The average Bonchev–Trinajstić information content (AvgIpc) is 3.36. The molecule has 9 atom stereocenters. The maximum absolute atomic E-state index is 12.6. The number of carbonyl (C=O) groups excluding carboxylic acids is 4. The highest BCUT2D eigenvalue weighted by atomic mass is 32.2. The first kappa shape index (κ1) is 32.7. The second kappa shape index (κ2) is 13.2. The Kier molecular flexibility index (Phi) is 10.0. The van der Waals surface area contributed by atoms with Gasteiger partial charge >= 0.3 is 29.6 Å². The molecule has 0 unspecified atom stereocenters. The lowest BCUT2D eigenvalue weighted by Crippen LogP contribution is -2.61. The van der Waals surface area contributed by atoms with E-state index in [9.17, 15) is 28.8 Å². The molecule has 4 heterocycles. The first-order valence-corrected chi connectivity index (χ1v) is 14.4. The molecule has 17 heteroatoms. The number of thioether (sulfide) groups is 1. The van der Waals surface area contributed by atoms with Gasteiger partial charge in [0, 0.05) is 45.7 Å². The van der Waals surface area contributed by atoms with Gasteiger partial charge in [-0.05, 0) is 13.8 Å². The zero-order valence-corrected chi connectivity index (χ0v) is 25.2. The SMILES string of the molecule is CC(=O)OC[C@H]1O[C@@H](SC[C@H]2O[C@@H](n3ccc(=O)[nH]c3=O)[C@@H]3OC(C)(C)O[C@@H]32)[C@@H](OC(C)=O)[C@@H](OC(C)=O)[C@@H]1OC(C)=O. The van der Waals surface area contributed by atoms with Gasteiger partial charge in [0.1, 0.15) is 30.4 Å².